The molecule has 0 N–H and O–H groups in total. The van der Waals surface area contributed by atoms with Gasteiger partial charge in [-0.05, 0) is 24.6 Å². The fourth-order valence-corrected chi connectivity index (χ4v) is 2.16. The van der Waals surface area contributed by atoms with E-state index in [1.54, 1.807) is 6.07 Å². The second kappa shape index (κ2) is 7.49. The Balaban J connectivity index is 3.07. The van der Waals surface area contributed by atoms with E-state index in [1.165, 1.54) is 7.11 Å². The van der Waals surface area contributed by atoms with Crippen molar-refractivity contribution in [2.45, 2.75) is 6.92 Å². The van der Waals surface area contributed by atoms with Gasteiger partial charge in [0.05, 0.1) is 12.7 Å². The zero-order chi connectivity index (χ0) is 13.5. The second-order valence-corrected chi connectivity index (χ2v) is 4.61. The van der Waals surface area contributed by atoms with Crippen molar-refractivity contribution in [2.24, 2.45) is 0 Å². The Bertz CT molecular complexity index is 404. The van der Waals surface area contributed by atoms with Gasteiger partial charge in [0.2, 0.25) is 0 Å². The molecule has 0 atom stereocenters. The van der Waals surface area contributed by atoms with Crippen molar-refractivity contribution >= 4 is 34.9 Å². The number of carbonyl (C=O) groups is 1. The predicted molar refractivity (Wildman–Crippen MR) is 76.2 cm³/mol. The summed E-state index contributed by atoms with van der Waals surface area (Å²) in [5.41, 5.74) is 2.59. The first-order valence-electron chi connectivity index (χ1n) is 5.70. The highest BCUT2D eigenvalue weighted by Crippen LogP contribution is 2.22. The van der Waals surface area contributed by atoms with Crippen LogP contribution in [-0.2, 0) is 4.74 Å². The standard InChI is InChI=1S/C13H17Cl2NO2/c1-10-3-4-11(13(17)18-2)9-12(10)16(7-5-14)8-6-15/h3-4,9H,5-8H2,1-2H3. The van der Waals surface area contributed by atoms with Crippen LogP contribution < -0.4 is 4.90 Å². The number of benzene rings is 1. The molecule has 1 aromatic rings. The molecule has 0 saturated carbocycles. The third kappa shape index (κ3) is 3.79. The van der Waals surface area contributed by atoms with Crippen molar-refractivity contribution in [1.82, 2.24) is 0 Å². The normalized spacial score (nSPS) is 10.2. The summed E-state index contributed by atoms with van der Waals surface area (Å²) in [6.07, 6.45) is 0. The minimum Gasteiger partial charge on any atom is -0.465 e. The zero-order valence-electron chi connectivity index (χ0n) is 10.6. The Morgan fingerprint density at radius 1 is 1.28 bits per heavy atom. The molecule has 0 bridgehead atoms. The summed E-state index contributed by atoms with van der Waals surface area (Å²) in [6.45, 7) is 3.38. The SMILES string of the molecule is COC(=O)c1ccc(C)c(N(CCCl)CCCl)c1. The molecule has 0 heterocycles. The molecule has 0 amide bonds. The van der Waals surface area contributed by atoms with Crippen molar-refractivity contribution in [3.05, 3.63) is 29.3 Å². The third-order valence-corrected chi connectivity index (χ3v) is 3.02. The lowest BCUT2D eigenvalue weighted by molar-refractivity contribution is 0.0601. The Hall–Kier alpha value is -0.930. The van der Waals surface area contributed by atoms with Gasteiger partial charge in [-0.2, -0.15) is 0 Å². The number of halogens is 2. The van der Waals surface area contributed by atoms with E-state index in [0.29, 0.717) is 30.4 Å². The molecule has 0 aliphatic carbocycles. The molecule has 0 spiro atoms. The number of anilines is 1. The van der Waals surface area contributed by atoms with Gasteiger partial charge in [-0.15, -0.1) is 23.2 Å². The lowest BCUT2D eigenvalue weighted by atomic mass is 10.1. The highest BCUT2D eigenvalue weighted by Gasteiger charge is 2.12. The predicted octanol–water partition coefficient (Wildman–Crippen LogP) is 3.07. The van der Waals surface area contributed by atoms with Gasteiger partial charge < -0.3 is 9.64 Å². The Kier molecular flexibility index (Phi) is 6.30. The fraction of sp³-hybridized carbons (Fsp3) is 0.462. The number of nitrogens with zero attached hydrogens (tertiary/aromatic N) is 1. The molecular formula is C13H17Cl2NO2. The maximum atomic E-state index is 11.5. The molecular weight excluding hydrogens is 273 g/mol. The van der Waals surface area contributed by atoms with Crippen LogP contribution in [0.2, 0.25) is 0 Å². The molecule has 1 aromatic carbocycles. The quantitative estimate of drug-likeness (QED) is 0.595. The van der Waals surface area contributed by atoms with Crippen LogP contribution in [0.4, 0.5) is 5.69 Å². The number of esters is 1. The smallest absolute Gasteiger partial charge is 0.337 e. The van der Waals surface area contributed by atoms with Crippen LogP contribution >= 0.6 is 23.2 Å². The van der Waals surface area contributed by atoms with Gasteiger partial charge in [-0.1, -0.05) is 6.07 Å². The van der Waals surface area contributed by atoms with Crippen molar-refractivity contribution < 1.29 is 9.53 Å². The van der Waals surface area contributed by atoms with E-state index in [4.69, 9.17) is 27.9 Å². The van der Waals surface area contributed by atoms with Gasteiger partial charge in [-0.25, -0.2) is 4.79 Å². The number of aryl methyl sites for hydroxylation is 1. The number of hydrogen-bond donors (Lipinski definition) is 0. The summed E-state index contributed by atoms with van der Waals surface area (Å²) < 4.78 is 4.72. The molecule has 0 unspecified atom stereocenters. The number of carbonyl (C=O) groups excluding carboxylic acids is 1. The summed E-state index contributed by atoms with van der Waals surface area (Å²) in [7, 11) is 1.37. The minimum atomic E-state index is -0.340. The first kappa shape index (κ1) is 15.1. The summed E-state index contributed by atoms with van der Waals surface area (Å²) in [6, 6.07) is 5.47. The summed E-state index contributed by atoms with van der Waals surface area (Å²) >= 11 is 11.6. The van der Waals surface area contributed by atoms with Gasteiger partial charge in [0.15, 0.2) is 0 Å². The molecule has 0 fully saturated rings. The largest absolute Gasteiger partial charge is 0.465 e. The molecule has 18 heavy (non-hydrogen) atoms. The Morgan fingerprint density at radius 2 is 1.89 bits per heavy atom. The van der Waals surface area contributed by atoms with Crippen LogP contribution in [0.15, 0.2) is 18.2 Å². The van der Waals surface area contributed by atoms with Crippen molar-refractivity contribution in [2.75, 3.05) is 36.9 Å². The van der Waals surface area contributed by atoms with Crippen molar-refractivity contribution in [3.8, 4) is 0 Å². The van der Waals surface area contributed by atoms with Crippen LogP contribution in [0.25, 0.3) is 0 Å². The van der Waals surface area contributed by atoms with E-state index >= 15 is 0 Å². The van der Waals surface area contributed by atoms with E-state index in [-0.39, 0.29) is 5.97 Å². The lowest BCUT2D eigenvalue weighted by Gasteiger charge is -2.25. The summed E-state index contributed by atoms with van der Waals surface area (Å²) in [4.78, 5) is 13.6. The lowest BCUT2D eigenvalue weighted by Crippen LogP contribution is -2.28. The first-order valence-corrected chi connectivity index (χ1v) is 6.76. The third-order valence-electron chi connectivity index (χ3n) is 2.68. The topological polar surface area (TPSA) is 29.5 Å². The highest BCUT2D eigenvalue weighted by molar-refractivity contribution is 6.18. The van der Waals surface area contributed by atoms with Gasteiger partial charge in [0, 0.05) is 30.5 Å². The van der Waals surface area contributed by atoms with Crippen molar-refractivity contribution in [1.29, 1.82) is 0 Å². The molecule has 0 radical (unpaired) electrons. The number of ether oxygens (including phenoxy) is 1. The monoisotopic (exact) mass is 289 g/mol. The number of hydrogen-bond acceptors (Lipinski definition) is 3. The maximum absolute atomic E-state index is 11.5. The van der Waals surface area contributed by atoms with E-state index in [0.717, 1.165) is 11.3 Å². The van der Waals surface area contributed by atoms with Crippen LogP contribution in [-0.4, -0.2) is 37.9 Å². The van der Waals surface area contributed by atoms with E-state index in [2.05, 4.69) is 4.90 Å². The molecule has 100 valence electrons. The van der Waals surface area contributed by atoms with Crippen LogP contribution in [0.1, 0.15) is 15.9 Å². The summed E-state index contributed by atoms with van der Waals surface area (Å²) in [5, 5.41) is 0. The molecule has 0 saturated heterocycles. The average molecular weight is 290 g/mol. The van der Waals surface area contributed by atoms with E-state index in [9.17, 15) is 4.79 Å². The Labute approximate surface area is 118 Å². The molecule has 0 aliphatic heterocycles. The Morgan fingerprint density at radius 3 is 2.39 bits per heavy atom. The molecule has 3 nitrogen and oxygen atoms in total. The van der Waals surface area contributed by atoms with Gasteiger partial charge >= 0.3 is 5.97 Å². The van der Waals surface area contributed by atoms with Crippen molar-refractivity contribution in [3.63, 3.8) is 0 Å². The van der Waals surface area contributed by atoms with Crippen LogP contribution in [0.5, 0.6) is 0 Å². The van der Waals surface area contributed by atoms with Gasteiger partial charge in [0.1, 0.15) is 0 Å². The molecule has 5 heteroatoms. The van der Waals surface area contributed by atoms with Gasteiger partial charge in [-0.3, -0.25) is 0 Å². The second-order valence-electron chi connectivity index (χ2n) is 3.86. The average Bonchev–Trinajstić information content (AvgIpc) is 2.38. The number of methoxy groups -OCH3 is 1. The molecule has 1 rings (SSSR count). The minimum absolute atomic E-state index is 0.340. The highest BCUT2D eigenvalue weighted by atomic mass is 35.5. The summed E-state index contributed by atoms with van der Waals surface area (Å²) in [5.74, 6) is 0.685. The number of alkyl halides is 2. The van der Waals surface area contributed by atoms with E-state index in [1.807, 2.05) is 19.1 Å². The first-order chi connectivity index (χ1) is 8.63. The maximum Gasteiger partial charge on any atom is 0.337 e. The van der Waals surface area contributed by atoms with E-state index < -0.39 is 0 Å². The zero-order valence-corrected chi connectivity index (χ0v) is 12.1. The van der Waals surface area contributed by atoms with Crippen LogP contribution in [0.3, 0.4) is 0 Å². The molecule has 0 aromatic heterocycles. The molecule has 0 aliphatic rings. The van der Waals surface area contributed by atoms with Gasteiger partial charge in [0.25, 0.3) is 0 Å². The number of rotatable bonds is 6. The fourth-order valence-electron chi connectivity index (χ4n) is 1.75. The van der Waals surface area contributed by atoms with Crippen LogP contribution in [0, 0.1) is 6.92 Å².